The number of hydrogen-bond acceptors (Lipinski definition) is 6. The molecule has 1 aromatic rings. The Morgan fingerprint density at radius 1 is 1.67 bits per heavy atom. The molecular formula is C8H13N5O2. The molecule has 1 heterocycles. The minimum Gasteiger partial charge on any atom is -0.383 e. The number of rotatable bonds is 4. The van der Waals surface area contributed by atoms with Crippen LogP contribution in [0.4, 0.5) is 11.6 Å². The number of nitrogens with two attached hydrogens (primary N) is 2. The highest BCUT2D eigenvalue weighted by molar-refractivity contribution is 5.79. The number of hydrogen-bond donors (Lipinski definition) is 4. The summed E-state index contributed by atoms with van der Waals surface area (Å²) in [7, 11) is 0. The van der Waals surface area contributed by atoms with E-state index >= 15 is 0 Å². The van der Waals surface area contributed by atoms with E-state index in [4.69, 9.17) is 16.6 Å². The number of aliphatic hydroxyl groups is 1. The Labute approximate surface area is 86.5 Å². The van der Waals surface area contributed by atoms with Crippen molar-refractivity contribution >= 4 is 17.5 Å². The Bertz CT molecular complexity index is 368. The van der Waals surface area contributed by atoms with Gasteiger partial charge in [-0.15, -0.1) is 0 Å². The number of nitrogens with zero attached hydrogens (tertiary/aromatic N) is 2. The van der Waals surface area contributed by atoms with Gasteiger partial charge in [0.15, 0.2) is 0 Å². The maximum Gasteiger partial charge on any atom is 0.248 e. The molecule has 7 nitrogen and oxygen atoms in total. The van der Waals surface area contributed by atoms with E-state index in [0.717, 1.165) is 0 Å². The minimum atomic E-state index is -1.25. The molecule has 0 aromatic carbocycles. The van der Waals surface area contributed by atoms with Crippen LogP contribution < -0.4 is 16.8 Å². The molecule has 0 saturated heterocycles. The molecule has 6 N–H and O–H groups in total. The van der Waals surface area contributed by atoms with Gasteiger partial charge >= 0.3 is 0 Å². The third kappa shape index (κ3) is 2.78. The fourth-order valence-electron chi connectivity index (χ4n) is 0.936. The van der Waals surface area contributed by atoms with Crippen molar-refractivity contribution in [1.82, 2.24) is 9.97 Å². The number of primary amides is 1. The van der Waals surface area contributed by atoms with Crippen LogP contribution in [0, 0.1) is 6.92 Å². The lowest BCUT2D eigenvalue weighted by Crippen LogP contribution is -2.34. The second kappa shape index (κ2) is 4.56. The summed E-state index contributed by atoms with van der Waals surface area (Å²) in [4.78, 5) is 18.2. The third-order valence-electron chi connectivity index (χ3n) is 1.91. The average Bonchev–Trinajstić information content (AvgIpc) is 2.19. The predicted molar refractivity (Wildman–Crippen MR) is 54.9 cm³/mol. The van der Waals surface area contributed by atoms with Crippen molar-refractivity contribution in [3.8, 4) is 0 Å². The number of nitrogens with one attached hydrogen (secondary N) is 1. The molecule has 1 amide bonds. The topological polar surface area (TPSA) is 127 Å². The molecule has 0 aliphatic carbocycles. The SMILES string of the molecule is Cc1c(N)ncnc1NCC(O)C(N)=O. The number of carbonyl (C=O) groups is 1. The van der Waals surface area contributed by atoms with Crippen molar-refractivity contribution in [1.29, 1.82) is 0 Å². The molecule has 82 valence electrons. The first-order valence-electron chi connectivity index (χ1n) is 4.30. The standard InChI is InChI=1S/C8H13N5O2/c1-4-6(9)12-3-13-8(4)11-2-5(14)7(10)15/h3,5,14H,2H2,1H3,(H2,10,15)(H3,9,11,12,13). The molecule has 0 fully saturated rings. The van der Waals surface area contributed by atoms with Gasteiger partial charge in [-0.1, -0.05) is 0 Å². The lowest BCUT2D eigenvalue weighted by atomic mass is 10.3. The summed E-state index contributed by atoms with van der Waals surface area (Å²) in [5.41, 5.74) is 11.1. The molecule has 0 radical (unpaired) electrons. The maximum absolute atomic E-state index is 10.5. The van der Waals surface area contributed by atoms with Gasteiger partial charge in [-0.25, -0.2) is 9.97 Å². The van der Waals surface area contributed by atoms with Gasteiger partial charge in [0.25, 0.3) is 0 Å². The van der Waals surface area contributed by atoms with E-state index in [2.05, 4.69) is 15.3 Å². The minimum absolute atomic E-state index is 0.00731. The van der Waals surface area contributed by atoms with Gasteiger partial charge in [0.1, 0.15) is 24.1 Å². The van der Waals surface area contributed by atoms with Crippen LogP contribution in [0.5, 0.6) is 0 Å². The molecule has 0 aliphatic rings. The Morgan fingerprint density at radius 3 is 2.93 bits per heavy atom. The van der Waals surface area contributed by atoms with Crippen LogP contribution in [0.2, 0.25) is 0 Å². The lowest BCUT2D eigenvalue weighted by Gasteiger charge is -2.11. The summed E-state index contributed by atoms with van der Waals surface area (Å²) in [6.45, 7) is 1.72. The quantitative estimate of drug-likeness (QED) is 0.486. The molecule has 0 spiro atoms. The van der Waals surface area contributed by atoms with Gasteiger partial charge in [-0.3, -0.25) is 4.79 Å². The van der Waals surface area contributed by atoms with E-state index in [-0.39, 0.29) is 6.54 Å². The summed E-state index contributed by atoms with van der Waals surface area (Å²) in [6, 6.07) is 0. The fourth-order valence-corrected chi connectivity index (χ4v) is 0.936. The largest absolute Gasteiger partial charge is 0.383 e. The van der Waals surface area contributed by atoms with Crippen molar-refractivity contribution in [3.63, 3.8) is 0 Å². The molecule has 1 atom stereocenters. The lowest BCUT2D eigenvalue weighted by molar-refractivity contribution is -0.125. The summed E-state index contributed by atoms with van der Waals surface area (Å²) in [6.07, 6.45) is 0.0435. The van der Waals surface area contributed by atoms with Crippen molar-refractivity contribution in [3.05, 3.63) is 11.9 Å². The van der Waals surface area contributed by atoms with E-state index in [9.17, 15) is 4.79 Å². The van der Waals surface area contributed by atoms with Crippen molar-refractivity contribution in [2.75, 3.05) is 17.6 Å². The van der Waals surface area contributed by atoms with Gasteiger partial charge in [0.2, 0.25) is 5.91 Å². The van der Waals surface area contributed by atoms with Crippen LogP contribution in [-0.2, 0) is 4.79 Å². The highest BCUT2D eigenvalue weighted by Gasteiger charge is 2.11. The molecule has 0 bridgehead atoms. The summed E-state index contributed by atoms with van der Waals surface area (Å²) in [5.74, 6) is 0.0334. The van der Waals surface area contributed by atoms with Gasteiger partial charge in [-0.2, -0.15) is 0 Å². The van der Waals surface area contributed by atoms with Gasteiger partial charge in [-0.05, 0) is 6.92 Å². The van der Waals surface area contributed by atoms with Crippen LogP contribution in [0.3, 0.4) is 0 Å². The van der Waals surface area contributed by atoms with Crippen molar-refractivity contribution in [2.45, 2.75) is 13.0 Å². The smallest absolute Gasteiger partial charge is 0.248 e. The molecule has 15 heavy (non-hydrogen) atoms. The zero-order valence-electron chi connectivity index (χ0n) is 8.27. The second-order valence-corrected chi connectivity index (χ2v) is 3.03. The molecule has 0 saturated carbocycles. The van der Waals surface area contributed by atoms with E-state index in [0.29, 0.717) is 17.2 Å². The normalized spacial score (nSPS) is 12.1. The number of carbonyl (C=O) groups excluding carboxylic acids is 1. The van der Waals surface area contributed by atoms with Crippen molar-refractivity contribution < 1.29 is 9.90 Å². The Hall–Kier alpha value is -1.89. The zero-order valence-corrected chi connectivity index (χ0v) is 8.27. The number of anilines is 2. The van der Waals surface area contributed by atoms with Crippen LogP contribution >= 0.6 is 0 Å². The number of aliphatic hydroxyl groups excluding tert-OH is 1. The van der Waals surface area contributed by atoms with Gasteiger partial charge in [0.05, 0.1) is 6.54 Å². The first kappa shape index (κ1) is 11.2. The number of nitrogen functional groups attached to an aromatic ring is 1. The summed E-state index contributed by atoms with van der Waals surface area (Å²) >= 11 is 0. The highest BCUT2D eigenvalue weighted by Crippen LogP contribution is 2.14. The van der Waals surface area contributed by atoms with Crippen LogP contribution in [0.25, 0.3) is 0 Å². The summed E-state index contributed by atoms with van der Waals surface area (Å²) in [5, 5.41) is 11.9. The van der Waals surface area contributed by atoms with E-state index in [1.165, 1.54) is 6.33 Å². The zero-order chi connectivity index (χ0) is 11.4. The van der Waals surface area contributed by atoms with E-state index < -0.39 is 12.0 Å². The Morgan fingerprint density at radius 2 is 2.33 bits per heavy atom. The first-order chi connectivity index (χ1) is 7.02. The Balaban J connectivity index is 2.66. The average molecular weight is 211 g/mol. The van der Waals surface area contributed by atoms with Gasteiger partial charge in [0, 0.05) is 5.56 Å². The third-order valence-corrected chi connectivity index (χ3v) is 1.91. The second-order valence-electron chi connectivity index (χ2n) is 3.03. The predicted octanol–water partition coefficient (Wildman–Crippen LogP) is -1.37. The fraction of sp³-hybridized carbons (Fsp3) is 0.375. The molecular weight excluding hydrogens is 198 g/mol. The molecule has 1 unspecified atom stereocenters. The van der Waals surface area contributed by atoms with Gasteiger partial charge < -0.3 is 21.9 Å². The Kier molecular flexibility index (Phi) is 3.40. The van der Waals surface area contributed by atoms with Crippen LogP contribution in [0.15, 0.2) is 6.33 Å². The van der Waals surface area contributed by atoms with E-state index in [1.54, 1.807) is 6.92 Å². The number of aromatic nitrogens is 2. The molecule has 7 heteroatoms. The molecule has 0 aliphatic heterocycles. The van der Waals surface area contributed by atoms with Crippen LogP contribution in [-0.4, -0.2) is 33.6 Å². The highest BCUT2D eigenvalue weighted by atomic mass is 16.3. The summed E-state index contributed by atoms with van der Waals surface area (Å²) < 4.78 is 0. The number of amides is 1. The molecule has 1 aromatic heterocycles. The van der Waals surface area contributed by atoms with Crippen LogP contribution in [0.1, 0.15) is 5.56 Å². The first-order valence-corrected chi connectivity index (χ1v) is 4.30. The molecule has 1 rings (SSSR count). The maximum atomic E-state index is 10.5. The van der Waals surface area contributed by atoms with Crippen molar-refractivity contribution in [2.24, 2.45) is 5.73 Å². The monoisotopic (exact) mass is 211 g/mol. The van der Waals surface area contributed by atoms with E-state index in [1.807, 2.05) is 0 Å².